The Morgan fingerprint density at radius 1 is 1.04 bits per heavy atom. The van der Waals surface area contributed by atoms with Gasteiger partial charge in [0.2, 0.25) is 5.89 Å². The lowest BCUT2D eigenvalue weighted by Crippen LogP contribution is -1.89. The number of nitrogens with one attached hydrogen (secondary N) is 1. The Bertz CT molecular complexity index is 1070. The quantitative estimate of drug-likeness (QED) is 0.461. The topological polar surface area (TPSA) is 82.3 Å². The van der Waals surface area contributed by atoms with E-state index in [0.29, 0.717) is 28.1 Å². The molecule has 0 radical (unpaired) electrons. The third-order valence-corrected chi connectivity index (χ3v) is 5.49. The van der Waals surface area contributed by atoms with Gasteiger partial charge in [0.25, 0.3) is 0 Å². The minimum atomic E-state index is 0.274. The van der Waals surface area contributed by atoms with Crippen LogP contribution < -0.4 is 14.8 Å². The van der Waals surface area contributed by atoms with Gasteiger partial charge >= 0.3 is 6.01 Å². The van der Waals surface area contributed by atoms with Crippen molar-refractivity contribution in [2.45, 2.75) is 4.90 Å². The largest absolute Gasteiger partial charge is 0.497 e. The lowest BCUT2D eigenvalue weighted by molar-refractivity contribution is 0.394. The summed E-state index contributed by atoms with van der Waals surface area (Å²) in [6, 6.07) is 11.8. The highest BCUT2D eigenvalue weighted by Crippen LogP contribution is 2.33. The van der Waals surface area contributed by atoms with Crippen molar-refractivity contribution in [1.29, 1.82) is 0 Å². The highest BCUT2D eigenvalue weighted by molar-refractivity contribution is 7.98. The van der Waals surface area contributed by atoms with Gasteiger partial charge in [-0.25, -0.2) is 4.98 Å². The van der Waals surface area contributed by atoms with Crippen LogP contribution in [0.5, 0.6) is 11.5 Å². The Morgan fingerprint density at radius 3 is 2.52 bits per heavy atom. The summed E-state index contributed by atoms with van der Waals surface area (Å²) in [7, 11) is 3.18. The van der Waals surface area contributed by atoms with Gasteiger partial charge in [-0.3, -0.25) is 5.32 Å². The predicted molar refractivity (Wildman–Crippen MR) is 108 cm³/mol. The van der Waals surface area contributed by atoms with Gasteiger partial charge in [-0.1, -0.05) is 16.4 Å². The van der Waals surface area contributed by atoms with Gasteiger partial charge in [-0.15, -0.1) is 16.9 Å². The minimum Gasteiger partial charge on any atom is -0.497 e. The Morgan fingerprint density at radius 2 is 1.81 bits per heavy atom. The average Bonchev–Trinajstić information content (AvgIpc) is 3.33. The van der Waals surface area contributed by atoms with Gasteiger partial charge in [-0.2, -0.15) is 0 Å². The summed E-state index contributed by atoms with van der Waals surface area (Å²) in [4.78, 5) is 5.75. The number of thiazole rings is 1. The molecule has 2 aromatic heterocycles. The number of hydrogen-bond donors (Lipinski definition) is 1. The number of benzene rings is 2. The second kappa shape index (κ2) is 7.45. The monoisotopic (exact) mass is 400 g/mol. The average molecular weight is 400 g/mol. The lowest BCUT2D eigenvalue weighted by Gasteiger charge is -2.05. The molecule has 0 saturated carbocycles. The van der Waals surface area contributed by atoms with E-state index >= 15 is 0 Å². The van der Waals surface area contributed by atoms with Gasteiger partial charge < -0.3 is 13.9 Å². The first kappa shape index (κ1) is 17.6. The predicted octanol–water partition coefficient (Wildman–Crippen LogP) is 4.83. The number of fused-ring (bicyclic) bond motifs is 1. The van der Waals surface area contributed by atoms with E-state index in [1.54, 1.807) is 44.2 Å². The van der Waals surface area contributed by atoms with Crippen molar-refractivity contribution in [2.24, 2.45) is 0 Å². The summed E-state index contributed by atoms with van der Waals surface area (Å²) < 4.78 is 17.4. The van der Waals surface area contributed by atoms with Crippen molar-refractivity contribution in [3.8, 4) is 23.0 Å². The van der Waals surface area contributed by atoms with Crippen LogP contribution in [0.3, 0.4) is 0 Å². The first-order valence-corrected chi connectivity index (χ1v) is 10.0. The number of nitrogens with zero attached hydrogens (tertiary/aromatic N) is 3. The number of thioether (sulfide) groups is 1. The summed E-state index contributed by atoms with van der Waals surface area (Å²) in [6.07, 6.45) is 2.05. The SMILES string of the molecule is COc1cc(OC)cc(-c2nnc(Nc3nc4ccc(SC)cc4s3)o2)c1. The number of methoxy groups -OCH3 is 2. The lowest BCUT2D eigenvalue weighted by atomic mass is 10.2. The molecule has 9 heteroatoms. The van der Waals surface area contributed by atoms with Crippen LogP contribution in [0, 0.1) is 0 Å². The highest BCUT2D eigenvalue weighted by Gasteiger charge is 2.13. The van der Waals surface area contributed by atoms with Crippen LogP contribution in [-0.4, -0.2) is 35.7 Å². The standard InChI is InChI=1S/C18H16N4O3S2/c1-23-11-6-10(7-12(8-11)24-2)16-21-22-17(25-16)20-18-19-14-5-4-13(26-3)9-15(14)27-18/h4-9H,1-3H3,(H,19,20,22). The summed E-state index contributed by atoms with van der Waals surface area (Å²) in [5.41, 5.74) is 1.64. The van der Waals surface area contributed by atoms with Gasteiger partial charge in [0.05, 0.1) is 24.4 Å². The summed E-state index contributed by atoms with van der Waals surface area (Å²) in [6.45, 7) is 0. The molecule has 0 aliphatic carbocycles. The van der Waals surface area contributed by atoms with Crippen LogP contribution in [0.25, 0.3) is 21.7 Å². The molecule has 0 spiro atoms. The molecule has 0 bridgehead atoms. The van der Waals surface area contributed by atoms with Gasteiger partial charge in [0, 0.05) is 16.5 Å². The zero-order valence-corrected chi connectivity index (χ0v) is 16.5. The van der Waals surface area contributed by atoms with Crippen molar-refractivity contribution in [2.75, 3.05) is 25.8 Å². The minimum absolute atomic E-state index is 0.274. The third-order valence-electron chi connectivity index (χ3n) is 3.83. The molecule has 27 heavy (non-hydrogen) atoms. The van der Waals surface area contributed by atoms with Crippen molar-refractivity contribution in [3.63, 3.8) is 0 Å². The van der Waals surface area contributed by atoms with Crippen molar-refractivity contribution in [1.82, 2.24) is 15.2 Å². The molecule has 4 rings (SSSR count). The zero-order valence-electron chi connectivity index (χ0n) is 14.8. The number of anilines is 2. The second-order valence-corrected chi connectivity index (χ2v) is 7.40. The number of ether oxygens (including phenoxy) is 2. The third kappa shape index (κ3) is 3.69. The van der Waals surface area contributed by atoms with Crippen LogP contribution in [0.15, 0.2) is 45.7 Å². The molecule has 7 nitrogen and oxygen atoms in total. The molecule has 2 aromatic carbocycles. The van der Waals surface area contributed by atoms with E-state index in [4.69, 9.17) is 13.9 Å². The van der Waals surface area contributed by atoms with Crippen LogP contribution in [0.4, 0.5) is 11.1 Å². The van der Waals surface area contributed by atoms with Crippen molar-refractivity contribution in [3.05, 3.63) is 36.4 Å². The van der Waals surface area contributed by atoms with Gasteiger partial charge in [0.1, 0.15) is 11.5 Å². The molecule has 4 aromatic rings. The Balaban J connectivity index is 1.60. The van der Waals surface area contributed by atoms with E-state index < -0.39 is 0 Å². The van der Waals surface area contributed by atoms with E-state index in [1.165, 1.54) is 16.2 Å². The maximum atomic E-state index is 5.73. The maximum Gasteiger partial charge on any atom is 0.322 e. The molecule has 1 N–H and O–H groups in total. The van der Waals surface area contributed by atoms with Crippen molar-refractivity contribution < 1.29 is 13.9 Å². The van der Waals surface area contributed by atoms with Crippen LogP contribution in [0.1, 0.15) is 0 Å². The highest BCUT2D eigenvalue weighted by atomic mass is 32.2. The molecule has 2 heterocycles. The summed E-state index contributed by atoms with van der Waals surface area (Å²) in [5.74, 6) is 1.65. The first-order valence-electron chi connectivity index (χ1n) is 7.97. The molecule has 138 valence electrons. The van der Waals surface area contributed by atoms with E-state index in [9.17, 15) is 0 Å². The zero-order chi connectivity index (χ0) is 18.8. The van der Waals surface area contributed by atoms with E-state index in [1.807, 2.05) is 6.07 Å². The van der Waals surface area contributed by atoms with E-state index in [0.717, 1.165) is 10.2 Å². The van der Waals surface area contributed by atoms with Gasteiger partial charge in [0.15, 0.2) is 5.13 Å². The normalized spacial score (nSPS) is 10.9. The number of hydrogen-bond acceptors (Lipinski definition) is 9. The van der Waals surface area contributed by atoms with Crippen LogP contribution >= 0.6 is 23.1 Å². The van der Waals surface area contributed by atoms with Crippen LogP contribution in [-0.2, 0) is 0 Å². The smallest absolute Gasteiger partial charge is 0.322 e. The fourth-order valence-corrected chi connectivity index (χ4v) is 3.91. The van der Waals surface area contributed by atoms with Gasteiger partial charge in [-0.05, 0) is 36.6 Å². The number of rotatable bonds is 6. The Labute approximate surface area is 163 Å². The molecule has 0 fully saturated rings. The summed E-state index contributed by atoms with van der Waals surface area (Å²) in [5, 5.41) is 11.9. The molecule has 0 aliphatic heterocycles. The van der Waals surface area contributed by atoms with E-state index in [2.05, 4.69) is 38.9 Å². The first-order chi connectivity index (χ1) is 13.2. The number of aromatic nitrogens is 3. The summed E-state index contributed by atoms with van der Waals surface area (Å²) >= 11 is 3.24. The molecule has 0 saturated heterocycles. The Hall–Kier alpha value is -2.78. The molecular formula is C18H16N4O3S2. The molecule has 0 unspecified atom stereocenters. The maximum absolute atomic E-state index is 5.73. The Kier molecular flexibility index (Phi) is 4.87. The fourth-order valence-electron chi connectivity index (χ4n) is 2.50. The second-order valence-electron chi connectivity index (χ2n) is 5.49. The molecular weight excluding hydrogens is 384 g/mol. The molecule has 0 atom stereocenters. The van der Waals surface area contributed by atoms with Crippen LogP contribution in [0.2, 0.25) is 0 Å². The van der Waals surface area contributed by atoms with Crippen molar-refractivity contribution >= 4 is 44.5 Å². The van der Waals surface area contributed by atoms with E-state index in [-0.39, 0.29) is 6.01 Å². The molecule has 0 amide bonds. The fraction of sp³-hybridized carbons (Fsp3) is 0.167. The molecule has 0 aliphatic rings.